The number of carbonyl (C=O) groups is 2. The van der Waals surface area contributed by atoms with Crippen LogP contribution in [0.2, 0.25) is 0 Å². The molecule has 1 heterocycles. The zero-order chi connectivity index (χ0) is 18.1. The summed E-state index contributed by atoms with van der Waals surface area (Å²) in [4.78, 5) is 24.7. The first-order valence-corrected chi connectivity index (χ1v) is 8.75. The lowest BCUT2D eigenvalue weighted by Crippen LogP contribution is -2.48. The highest BCUT2D eigenvalue weighted by molar-refractivity contribution is 7.90. The fourth-order valence-electron chi connectivity index (χ4n) is 2.39. The number of hydrogen-bond donors (Lipinski definition) is 2. The quantitative estimate of drug-likeness (QED) is 0.786. The number of benzene rings is 1. The normalized spacial score (nSPS) is 16.2. The average molecular weight is 353 g/mol. The van der Waals surface area contributed by atoms with Crippen molar-refractivity contribution < 1.29 is 23.1 Å². The second kappa shape index (κ2) is 6.60. The molecule has 1 atom stereocenters. The molecule has 0 aromatic heterocycles. The molecule has 0 saturated heterocycles. The SMILES string of the molecule is CC(C)[C@@H](NC(=O)CN(C)C1=NS(=O)(=O)c2ccccc21)C(=O)O. The molecule has 0 unspecified atom stereocenters. The second-order valence-electron chi connectivity index (χ2n) is 5.87. The topological polar surface area (TPSA) is 116 Å². The van der Waals surface area contributed by atoms with Crippen LogP contribution in [-0.4, -0.2) is 55.8 Å². The Hall–Kier alpha value is -2.42. The van der Waals surface area contributed by atoms with Crippen LogP contribution in [0.15, 0.2) is 33.6 Å². The fourth-order valence-corrected chi connectivity index (χ4v) is 3.64. The van der Waals surface area contributed by atoms with E-state index in [2.05, 4.69) is 9.71 Å². The fraction of sp³-hybridized carbons (Fsp3) is 0.400. The molecule has 1 aliphatic rings. The number of carboxylic acid groups (broad SMARTS) is 1. The maximum atomic E-state index is 12.1. The molecule has 1 aromatic carbocycles. The minimum atomic E-state index is -3.77. The third kappa shape index (κ3) is 3.56. The van der Waals surface area contributed by atoms with Gasteiger partial charge in [-0.05, 0) is 18.1 Å². The van der Waals surface area contributed by atoms with Crippen molar-refractivity contribution in [2.45, 2.75) is 24.8 Å². The molecule has 0 aliphatic carbocycles. The molecule has 0 fully saturated rings. The number of hydrogen-bond acceptors (Lipinski definition) is 5. The number of nitrogens with zero attached hydrogens (tertiary/aromatic N) is 2. The molecule has 1 aromatic rings. The lowest BCUT2D eigenvalue weighted by Gasteiger charge is -2.22. The van der Waals surface area contributed by atoms with Gasteiger partial charge in [0.15, 0.2) is 5.84 Å². The summed E-state index contributed by atoms with van der Waals surface area (Å²) in [5.41, 5.74) is 0.423. The standard InChI is InChI=1S/C15H19N3O5S/c1-9(2)13(15(20)21)16-12(19)8-18(3)14-10-6-4-5-7-11(10)24(22,23)17-14/h4-7,9,13H,8H2,1-3H3,(H,16,19)(H,20,21)/t13-/m1/s1. The number of likely N-dealkylation sites (N-methyl/N-ethyl adjacent to an activating group) is 1. The van der Waals surface area contributed by atoms with E-state index in [4.69, 9.17) is 5.11 Å². The van der Waals surface area contributed by atoms with E-state index in [-0.39, 0.29) is 23.2 Å². The minimum Gasteiger partial charge on any atom is -0.480 e. The Kier molecular flexibility index (Phi) is 4.93. The molecular weight excluding hydrogens is 334 g/mol. The van der Waals surface area contributed by atoms with Gasteiger partial charge in [0.05, 0.1) is 6.54 Å². The highest BCUT2D eigenvalue weighted by Gasteiger charge is 2.31. The predicted molar refractivity (Wildman–Crippen MR) is 87.2 cm³/mol. The molecule has 0 radical (unpaired) electrons. The molecule has 1 aliphatic heterocycles. The van der Waals surface area contributed by atoms with Gasteiger partial charge in [-0.25, -0.2) is 4.79 Å². The first-order valence-electron chi connectivity index (χ1n) is 7.31. The molecule has 9 heteroatoms. The molecule has 2 N–H and O–H groups in total. The Bertz CT molecular complexity index is 801. The first kappa shape index (κ1) is 17.9. The van der Waals surface area contributed by atoms with Crippen molar-refractivity contribution in [2.24, 2.45) is 10.3 Å². The Morgan fingerprint density at radius 3 is 2.50 bits per heavy atom. The number of nitrogens with one attached hydrogen (secondary N) is 1. The Balaban J connectivity index is 2.15. The number of amidine groups is 1. The number of sulfonamides is 1. The van der Waals surface area contributed by atoms with E-state index in [0.717, 1.165) is 0 Å². The van der Waals surface area contributed by atoms with Crippen molar-refractivity contribution in [3.8, 4) is 0 Å². The van der Waals surface area contributed by atoms with Crippen LogP contribution in [0.25, 0.3) is 0 Å². The van der Waals surface area contributed by atoms with E-state index in [1.807, 2.05) is 0 Å². The van der Waals surface area contributed by atoms with E-state index in [1.54, 1.807) is 32.0 Å². The molecule has 2 rings (SSSR count). The van der Waals surface area contributed by atoms with Gasteiger partial charge in [0.25, 0.3) is 10.0 Å². The van der Waals surface area contributed by atoms with Crippen molar-refractivity contribution >= 4 is 27.7 Å². The largest absolute Gasteiger partial charge is 0.480 e. The Morgan fingerprint density at radius 1 is 1.29 bits per heavy atom. The van der Waals surface area contributed by atoms with Gasteiger partial charge in [0.1, 0.15) is 10.9 Å². The van der Waals surface area contributed by atoms with Crippen molar-refractivity contribution in [3.63, 3.8) is 0 Å². The first-order chi connectivity index (χ1) is 11.1. The summed E-state index contributed by atoms with van der Waals surface area (Å²) in [6.45, 7) is 3.17. The van der Waals surface area contributed by atoms with Crippen molar-refractivity contribution in [1.82, 2.24) is 10.2 Å². The number of carbonyl (C=O) groups excluding carboxylic acids is 1. The van der Waals surface area contributed by atoms with Crippen LogP contribution in [0.4, 0.5) is 0 Å². The van der Waals surface area contributed by atoms with Gasteiger partial charge in [-0.15, -0.1) is 4.40 Å². The molecular formula is C15H19N3O5S. The zero-order valence-corrected chi connectivity index (χ0v) is 14.4. The number of amides is 1. The van der Waals surface area contributed by atoms with Crippen LogP contribution in [0, 0.1) is 5.92 Å². The smallest absolute Gasteiger partial charge is 0.326 e. The van der Waals surface area contributed by atoms with Gasteiger partial charge in [0.2, 0.25) is 5.91 Å². The van der Waals surface area contributed by atoms with Gasteiger partial charge < -0.3 is 15.3 Å². The maximum Gasteiger partial charge on any atom is 0.326 e. The highest BCUT2D eigenvalue weighted by atomic mass is 32.2. The summed E-state index contributed by atoms with van der Waals surface area (Å²) in [7, 11) is -2.24. The van der Waals surface area contributed by atoms with Crippen LogP contribution >= 0.6 is 0 Å². The Morgan fingerprint density at radius 2 is 1.92 bits per heavy atom. The van der Waals surface area contributed by atoms with E-state index in [9.17, 15) is 18.0 Å². The van der Waals surface area contributed by atoms with Crippen LogP contribution in [0.5, 0.6) is 0 Å². The molecule has 130 valence electrons. The third-order valence-corrected chi connectivity index (χ3v) is 4.93. The van der Waals surface area contributed by atoms with Crippen LogP contribution in [0.1, 0.15) is 19.4 Å². The number of rotatable bonds is 5. The van der Waals surface area contributed by atoms with Crippen LogP contribution in [0.3, 0.4) is 0 Å². The van der Waals surface area contributed by atoms with Crippen molar-refractivity contribution in [1.29, 1.82) is 0 Å². The second-order valence-corrected chi connectivity index (χ2v) is 7.44. The molecule has 0 spiro atoms. The Labute approximate surface area is 140 Å². The average Bonchev–Trinajstić information content (AvgIpc) is 2.76. The minimum absolute atomic E-state index is 0.0952. The third-order valence-electron chi connectivity index (χ3n) is 3.60. The molecule has 0 bridgehead atoms. The van der Waals surface area contributed by atoms with Gasteiger partial charge in [-0.1, -0.05) is 26.0 Å². The highest BCUT2D eigenvalue weighted by Crippen LogP contribution is 2.26. The van der Waals surface area contributed by atoms with Gasteiger partial charge >= 0.3 is 5.97 Å². The molecule has 0 saturated carbocycles. The van der Waals surface area contributed by atoms with Crippen molar-refractivity contribution in [2.75, 3.05) is 13.6 Å². The number of fused-ring (bicyclic) bond motifs is 1. The lowest BCUT2D eigenvalue weighted by molar-refractivity contribution is -0.143. The van der Waals surface area contributed by atoms with Crippen LogP contribution < -0.4 is 5.32 Å². The summed E-state index contributed by atoms with van der Waals surface area (Å²) in [5, 5.41) is 11.5. The molecule has 24 heavy (non-hydrogen) atoms. The summed E-state index contributed by atoms with van der Waals surface area (Å²) in [5.74, 6) is -1.76. The predicted octanol–water partition coefficient (Wildman–Crippen LogP) is 0.293. The van der Waals surface area contributed by atoms with E-state index >= 15 is 0 Å². The van der Waals surface area contributed by atoms with Crippen LogP contribution in [-0.2, 0) is 19.6 Å². The van der Waals surface area contributed by atoms with E-state index in [0.29, 0.717) is 5.56 Å². The summed E-state index contributed by atoms with van der Waals surface area (Å²) in [6, 6.07) is 5.34. The summed E-state index contributed by atoms with van der Waals surface area (Å²) < 4.78 is 27.7. The zero-order valence-electron chi connectivity index (χ0n) is 13.6. The lowest BCUT2D eigenvalue weighted by atomic mass is 10.0. The number of carboxylic acids is 1. The van der Waals surface area contributed by atoms with Gasteiger partial charge in [0, 0.05) is 12.6 Å². The monoisotopic (exact) mass is 353 g/mol. The van der Waals surface area contributed by atoms with E-state index in [1.165, 1.54) is 18.0 Å². The van der Waals surface area contributed by atoms with Crippen molar-refractivity contribution in [3.05, 3.63) is 29.8 Å². The van der Waals surface area contributed by atoms with Gasteiger partial charge in [-0.3, -0.25) is 4.79 Å². The summed E-state index contributed by atoms with van der Waals surface area (Å²) in [6.07, 6.45) is 0. The van der Waals surface area contributed by atoms with Gasteiger partial charge in [-0.2, -0.15) is 8.42 Å². The maximum absolute atomic E-state index is 12.1. The summed E-state index contributed by atoms with van der Waals surface area (Å²) >= 11 is 0. The van der Waals surface area contributed by atoms with E-state index < -0.39 is 27.9 Å². The molecule has 8 nitrogen and oxygen atoms in total. The molecule has 1 amide bonds. The number of aliphatic carboxylic acids is 1.